The van der Waals surface area contributed by atoms with Crippen LogP contribution in [0.15, 0.2) is 81.0 Å². The van der Waals surface area contributed by atoms with Gasteiger partial charge in [-0.1, -0.05) is 49.1 Å². The first-order valence-electron chi connectivity index (χ1n) is 10.9. The van der Waals surface area contributed by atoms with Gasteiger partial charge in [-0.15, -0.1) is 0 Å². The average Bonchev–Trinajstić information content (AvgIpc) is 3.40. The van der Waals surface area contributed by atoms with Gasteiger partial charge in [0, 0.05) is 22.7 Å². The smallest absolute Gasteiger partial charge is 0.267 e. The molecule has 2 aromatic carbocycles. The minimum Gasteiger partial charge on any atom is -0.457 e. The van der Waals surface area contributed by atoms with Gasteiger partial charge in [0.25, 0.3) is 5.91 Å². The Balaban J connectivity index is 1.45. The van der Waals surface area contributed by atoms with E-state index >= 15 is 0 Å². The van der Waals surface area contributed by atoms with Gasteiger partial charge in [0.2, 0.25) is 0 Å². The van der Waals surface area contributed by atoms with E-state index in [0.29, 0.717) is 15.7 Å². The van der Waals surface area contributed by atoms with Crippen LogP contribution in [0, 0.1) is 0 Å². The molecular formula is C26H23ClN2O2S. The number of nitrogens with zero attached hydrogens (tertiary/aromatic N) is 2. The Bertz CT molecular complexity index is 1160. The number of rotatable bonds is 4. The zero-order valence-corrected chi connectivity index (χ0v) is 19.1. The van der Waals surface area contributed by atoms with Crippen molar-refractivity contribution >= 4 is 46.2 Å². The third kappa shape index (κ3) is 4.54. The molecule has 0 bridgehead atoms. The van der Waals surface area contributed by atoms with Crippen molar-refractivity contribution in [1.29, 1.82) is 0 Å². The highest BCUT2D eigenvalue weighted by molar-refractivity contribution is 8.18. The van der Waals surface area contributed by atoms with E-state index < -0.39 is 0 Å². The maximum absolute atomic E-state index is 13.4. The van der Waals surface area contributed by atoms with E-state index in [1.165, 1.54) is 18.2 Å². The third-order valence-corrected chi connectivity index (χ3v) is 7.02. The number of carbonyl (C=O) groups is 1. The summed E-state index contributed by atoms with van der Waals surface area (Å²) in [6, 6.07) is 21.3. The maximum Gasteiger partial charge on any atom is 0.267 e. The zero-order chi connectivity index (χ0) is 21.9. The molecule has 1 amide bonds. The van der Waals surface area contributed by atoms with E-state index in [2.05, 4.69) is 0 Å². The highest BCUT2D eigenvalue weighted by atomic mass is 35.5. The summed E-state index contributed by atoms with van der Waals surface area (Å²) in [5, 5.41) is 1.44. The molecule has 4 nitrogen and oxygen atoms in total. The van der Waals surface area contributed by atoms with Crippen LogP contribution in [0.4, 0.5) is 5.69 Å². The molecule has 1 aliphatic heterocycles. The normalized spacial score (nSPS) is 19.9. The Morgan fingerprint density at radius 3 is 2.47 bits per heavy atom. The first kappa shape index (κ1) is 21.1. The number of amidine groups is 1. The molecule has 2 fully saturated rings. The minimum atomic E-state index is 0.0148. The van der Waals surface area contributed by atoms with Crippen LogP contribution in [0.1, 0.15) is 37.9 Å². The summed E-state index contributed by atoms with van der Waals surface area (Å²) in [6.45, 7) is 0. The second-order valence-corrected chi connectivity index (χ2v) is 9.46. The average molecular weight is 463 g/mol. The molecule has 32 heavy (non-hydrogen) atoms. The molecule has 0 radical (unpaired) electrons. The van der Waals surface area contributed by atoms with Crippen LogP contribution in [0.25, 0.3) is 17.4 Å². The van der Waals surface area contributed by atoms with Crippen molar-refractivity contribution in [3.63, 3.8) is 0 Å². The zero-order valence-electron chi connectivity index (χ0n) is 17.5. The first-order valence-corrected chi connectivity index (χ1v) is 12.1. The van der Waals surface area contributed by atoms with Gasteiger partial charge < -0.3 is 4.42 Å². The lowest BCUT2D eigenvalue weighted by Crippen LogP contribution is -2.40. The molecule has 2 aliphatic rings. The standard InChI is InChI=1S/C26H23ClN2O2S/c27-19-13-11-18(12-14-19)23-16-15-22(31-23)17-24-25(30)29(21-9-5-2-6-10-21)26(32-24)28-20-7-3-1-4-8-20/h1,3-4,7-8,11-17,21H,2,5-6,9-10H2. The molecule has 1 aromatic heterocycles. The monoisotopic (exact) mass is 462 g/mol. The predicted molar refractivity (Wildman–Crippen MR) is 132 cm³/mol. The fraction of sp³-hybridized carbons (Fsp3) is 0.231. The largest absolute Gasteiger partial charge is 0.457 e. The second kappa shape index (κ2) is 9.39. The summed E-state index contributed by atoms with van der Waals surface area (Å²) in [4.78, 5) is 20.8. The van der Waals surface area contributed by atoms with E-state index in [1.807, 2.05) is 77.7 Å². The number of furan rings is 1. The lowest BCUT2D eigenvalue weighted by atomic mass is 9.94. The number of amides is 1. The van der Waals surface area contributed by atoms with Crippen molar-refractivity contribution in [3.05, 3.63) is 82.4 Å². The molecule has 6 heteroatoms. The molecule has 2 heterocycles. The quantitative estimate of drug-likeness (QED) is 0.376. The maximum atomic E-state index is 13.4. The molecule has 1 saturated carbocycles. The summed E-state index contributed by atoms with van der Waals surface area (Å²) in [5.74, 6) is 1.41. The lowest BCUT2D eigenvalue weighted by Gasteiger charge is -2.30. The van der Waals surface area contributed by atoms with Gasteiger partial charge in [-0.25, -0.2) is 4.99 Å². The number of thioether (sulfide) groups is 1. The summed E-state index contributed by atoms with van der Waals surface area (Å²) < 4.78 is 6.01. The second-order valence-electron chi connectivity index (χ2n) is 8.02. The van der Waals surface area contributed by atoms with Gasteiger partial charge >= 0.3 is 0 Å². The van der Waals surface area contributed by atoms with Gasteiger partial charge in [0.15, 0.2) is 5.17 Å². The Morgan fingerprint density at radius 1 is 0.969 bits per heavy atom. The van der Waals surface area contributed by atoms with Crippen LogP contribution in [0.3, 0.4) is 0 Å². The number of para-hydroxylation sites is 1. The predicted octanol–water partition coefficient (Wildman–Crippen LogP) is 7.54. The van der Waals surface area contributed by atoms with Crippen molar-refractivity contribution in [2.45, 2.75) is 38.1 Å². The summed E-state index contributed by atoms with van der Waals surface area (Å²) >= 11 is 7.41. The number of halogens is 1. The molecule has 0 N–H and O–H groups in total. The van der Waals surface area contributed by atoms with Crippen LogP contribution in [-0.2, 0) is 4.79 Å². The van der Waals surface area contributed by atoms with E-state index in [9.17, 15) is 4.79 Å². The van der Waals surface area contributed by atoms with Gasteiger partial charge in [-0.2, -0.15) is 0 Å². The number of hydrogen-bond donors (Lipinski definition) is 0. The van der Waals surface area contributed by atoms with Crippen LogP contribution in [0.5, 0.6) is 0 Å². The number of hydrogen-bond acceptors (Lipinski definition) is 4. The van der Waals surface area contributed by atoms with Crippen molar-refractivity contribution in [2.75, 3.05) is 0 Å². The van der Waals surface area contributed by atoms with Gasteiger partial charge in [-0.3, -0.25) is 9.69 Å². The fourth-order valence-electron chi connectivity index (χ4n) is 4.17. The molecule has 0 atom stereocenters. The van der Waals surface area contributed by atoms with Gasteiger partial charge in [0.05, 0.1) is 10.6 Å². The van der Waals surface area contributed by atoms with Crippen LogP contribution < -0.4 is 0 Å². The van der Waals surface area contributed by atoms with E-state index in [-0.39, 0.29) is 11.9 Å². The lowest BCUT2D eigenvalue weighted by molar-refractivity contribution is -0.124. The third-order valence-electron chi connectivity index (χ3n) is 5.79. The SMILES string of the molecule is O=C1C(=Cc2ccc(-c3ccc(Cl)cc3)o2)SC(=Nc2ccccc2)N1C1CCCCC1. The minimum absolute atomic E-state index is 0.0148. The van der Waals surface area contributed by atoms with Crippen LogP contribution in [-0.4, -0.2) is 22.0 Å². The number of benzene rings is 2. The Labute approximate surface area is 197 Å². The van der Waals surface area contributed by atoms with E-state index in [4.69, 9.17) is 21.0 Å². The molecule has 0 spiro atoms. The summed E-state index contributed by atoms with van der Waals surface area (Å²) in [6.07, 6.45) is 7.41. The number of carbonyl (C=O) groups excluding carboxylic acids is 1. The van der Waals surface area contributed by atoms with Crippen LogP contribution in [0.2, 0.25) is 5.02 Å². The first-order chi connectivity index (χ1) is 15.7. The Kier molecular flexibility index (Phi) is 6.19. The van der Waals surface area contributed by atoms with Crippen molar-refractivity contribution in [2.24, 2.45) is 4.99 Å². The van der Waals surface area contributed by atoms with Crippen molar-refractivity contribution in [3.8, 4) is 11.3 Å². The highest BCUT2D eigenvalue weighted by Crippen LogP contribution is 2.39. The molecule has 5 rings (SSSR count). The molecule has 162 valence electrons. The van der Waals surface area contributed by atoms with Crippen molar-refractivity contribution < 1.29 is 9.21 Å². The van der Waals surface area contributed by atoms with Gasteiger partial charge in [-0.05, 0) is 73.1 Å². The fourth-order valence-corrected chi connectivity index (χ4v) is 5.33. The van der Waals surface area contributed by atoms with E-state index in [1.54, 1.807) is 0 Å². The van der Waals surface area contributed by atoms with Gasteiger partial charge in [0.1, 0.15) is 11.5 Å². The Morgan fingerprint density at radius 2 is 1.72 bits per heavy atom. The molecule has 3 aromatic rings. The molecular weight excluding hydrogens is 440 g/mol. The summed E-state index contributed by atoms with van der Waals surface area (Å²) in [5.41, 5.74) is 1.80. The topological polar surface area (TPSA) is 45.8 Å². The Hall–Kier alpha value is -2.76. The molecule has 1 aliphatic carbocycles. The number of aliphatic imine (C=N–C) groups is 1. The summed E-state index contributed by atoms with van der Waals surface area (Å²) in [7, 11) is 0. The highest BCUT2D eigenvalue weighted by Gasteiger charge is 2.38. The molecule has 1 saturated heterocycles. The van der Waals surface area contributed by atoms with Crippen molar-refractivity contribution in [1.82, 2.24) is 4.90 Å². The van der Waals surface area contributed by atoms with Crippen LogP contribution >= 0.6 is 23.4 Å². The van der Waals surface area contributed by atoms with E-state index in [0.717, 1.165) is 47.9 Å². The molecule has 0 unspecified atom stereocenters.